The van der Waals surface area contributed by atoms with Crippen molar-refractivity contribution in [1.29, 1.82) is 0 Å². The number of nitrogens with two attached hydrogens (primary N) is 1. The van der Waals surface area contributed by atoms with Crippen molar-refractivity contribution in [3.63, 3.8) is 0 Å². The molecule has 0 saturated carbocycles. The van der Waals surface area contributed by atoms with Crippen LogP contribution in [-0.2, 0) is 0 Å². The Bertz CT molecular complexity index is 453. The zero-order chi connectivity index (χ0) is 10.7. The minimum absolute atomic E-state index is 0.153. The number of oxazole rings is 1. The van der Waals surface area contributed by atoms with Crippen molar-refractivity contribution in [2.45, 2.75) is 6.42 Å². The molecule has 2 rings (SSSR count). The van der Waals surface area contributed by atoms with Crippen LogP contribution in [0.5, 0.6) is 0 Å². The second-order valence-electron chi connectivity index (χ2n) is 3.25. The van der Waals surface area contributed by atoms with Crippen LogP contribution >= 0.6 is 0 Å². The highest BCUT2D eigenvalue weighted by Crippen LogP contribution is 2.20. The van der Waals surface area contributed by atoms with Crippen LogP contribution in [0.1, 0.15) is 6.42 Å². The Hall–Kier alpha value is -1.75. The fourth-order valence-electron chi connectivity index (χ4n) is 1.29. The molecule has 5 nitrogen and oxygen atoms in total. The number of aromatic nitrogens is 1. The van der Waals surface area contributed by atoms with E-state index in [4.69, 9.17) is 15.3 Å². The van der Waals surface area contributed by atoms with Gasteiger partial charge in [0.05, 0.1) is 0 Å². The minimum Gasteiger partial charge on any atom is -0.424 e. The van der Waals surface area contributed by atoms with E-state index in [9.17, 15) is 0 Å². The zero-order valence-electron chi connectivity index (χ0n) is 8.23. The molecule has 15 heavy (non-hydrogen) atoms. The fraction of sp³-hybridized carbons (Fsp3) is 0.300. The van der Waals surface area contributed by atoms with Crippen LogP contribution in [0.2, 0.25) is 0 Å². The number of fused-ring (bicyclic) bond motifs is 1. The molecule has 0 fully saturated rings. The van der Waals surface area contributed by atoms with Gasteiger partial charge in [0.15, 0.2) is 5.58 Å². The summed E-state index contributed by atoms with van der Waals surface area (Å²) in [5.74, 6) is 0. The molecule has 0 saturated heterocycles. The Kier molecular flexibility index (Phi) is 2.73. The number of anilines is 2. The van der Waals surface area contributed by atoms with E-state index in [1.807, 2.05) is 0 Å². The molecule has 0 aliphatic rings. The van der Waals surface area contributed by atoms with E-state index in [1.54, 1.807) is 18.2 Å². The Balaban J connectivity index is 2.16. The van der Waals surface area contributed by atoms with Crippen LogP contribution in [0.3, 0.4) is 0 Å². The van der Waals surface area contributed by atoms with Crippen molar-refractivity contribution in [2.75, 3.05) is 24.2 Å². The number of rotatable bonds is 4. The predicted octanol–water partition coefficient (Wildman–Crippen LogP) is 1.20. The molecule has 1 aromatic carbocycles. The molecule has 0 aliphatic carbocycles. The first kappa shape index (κ1) is 9.79. The van der Waals surface area contributed by atoms with Gasteiger partial charge in [0.25, 0.3) is 6.01 Å². The number of benzene rings is 1. The maximum Gasteiger partial charge on any atom is 0.295 e. The molecule has 0 radical (unpaired) electrons. The highest BCUT2D eigenvalue weighted by Gasteiger charge is 2.04. The molecule has 0 atom stereocenters. The second kappa shape index (κ2) is 4.18. The van der Waals surface area contributed by atoms with Gasteiger partial charge in [-0.25, -0.2) is 0 Å². The predicted molar refractivity (Wildman–Crippen MR) is 58.6 cm³/mol. The van der Waals surface area contributed by atoms with E-state index >= 15 is 0 Å². The van der Waals surface area contributed by atoms with Gasteiger partial charge in [-0.05, 0) is 24.6 Å². The van der Waals surface area contributed by atoms with Gasteiger partial charge < -0.3 is 20.6 Å². The van der Waals surface area contributed by atoms with Crippen molar-refractivity contribution in [2.24, 2.45) is 0 Å². The SMILES string of the molecule is Nc1ccc2oc(NCCCO)nc2c1. The summed E-state index contributed by atoms with van der Waals surface area (Å²) >= 11 is 0. The van der Waals surface area contributed by atoms with Crippen molar-refractivity contribution in [1.82, 2.24) is 4.98 Å². The first-order valence-electron chi connectivity index (χ1n) is 4.80. The van der Waals surface area contributed by atoms with E-state index in [1.165, 1.54) is 0 Å². The third-order valence-electron chi connectivity index (χ3n) is 2.02. The molecule has 1 heterocycles. The van der Waals surface area contributed by atoms with Gasteiger partial charge in [0.1, 0.15) is 5.52 Å². The Morgan fingerprint density at radius 3 is 3.13 bits per heavy atom. The minimum atomic E-state index is 0.153. The highest BCUT2D eigenvalue weighted by atomic mass is 16.4. The lowest BCUT2D eigenvalue weighted by Gasteiger charge is -1.96. The molecular formula is C10H13N3O2. The van der Waals surface area contributed by atoms with E-state index in [0.29, 0.717) is 30.3 Å². The topological polar surface area (TPSA) is 84.3 Å². The normalized spacial score (nSPS) is 10.7. The summed E-state index contributed by atoms with van der Waals surface area (Å²) in [6, 6.07) is 5.78. The lowest BCUT2D eigenvalue weighted by molar-refractivity contribution is 0.292. The molecule has 4 N–H and O–H groups in total. The van der Waals surface area contributed by atoms with Gasteiger partial charge in [0.2, 0.25) is 0 Å². The number of nitrogens with one attached hydrogen (secondary N) is 1. The van der Waals surface area contributed by atoms with Gasteiger partial charge in [-0.2, -0.15) is 4.98 Å². The van der Waals surface area contributed by atoms with Crippen molar-refractivity contribution >= 4 is 22.8 Å². The summed E-state index contributed by atoms with van der Waals surface area (Å²) in [6.45, 7) is 0.791. The van der Waals surface area contributed by atoms with Crippen molar-refractivity contribution in [3.05, 3.63) is 18.2 Å². The highest BCUT2D eigenvalue weighted by molar-refractivity contribution is 5.78. The summed E-state index contributed by atoms with van der Waals surface area (Å²) in [4.78, 5) is 4.21. The lowest BCUT2D eigenvalue weighted by Crippen LogP contribution is -2.03. The molecule has 2 aromatic rings. The van der Waals surface area contributed by atoms with Crippen molar-refractivity contribution < 1.29 is 9.52 Å². The van der Waals surface area contributed by atoms with Gasteiger partial charge in [-0.3, -0.25) is 0 Å². The molecule has 0 spiro atoms. The van der Waals surface area contributed by atoms with Crippen molar-refractivity contribution in [3.8, 4) is 0 Å². The second-order valence-corrected chi connectivity index (χ2v) is 3.25. The Morgan fingerprint density at radius 2 is 2.33 bits per heavy atom. The van der Waals surface area contributed by atoms with Gasteiger partial charge >= 0.3 is 0 Å². The summed E-state index contributed by atoms with van der Waals surface area (Å²) in [6.07, 6.45) is 0.668. The number of nitrogen functional groups attached to an aromatic ring is 1. The number of hydrogen-bond acceptors (Lipinski definition) is 5. The fourth-order valence-corrected chi connectivity index (χ4v) is 1.29. The maximum absolute atomic E-state index is 8.61. The van der Waals surface area contributed by atoms with E-state index in [-0.39, 0.29) is 6.61 Å². The first-order valence-corrected chi connectivity index (χ1v) is 4.80. The Labute approximate surface area is 86.9 Å². The number of nitrogens with zero attached hydrogens (tertiary/aromatic N) is 1. The third-order valence-corrected chi connectivity index (χ3v) is 2.02. The molecule has 0 unspecified atom stereocenters. The molecule has 1 aromatic heterocycles. The lowest BCUT2D eigenvalue weighted by atomic mass is 10.3. The van der Waals surface area contributed by atoms with E-state index in [0.717, 1.165) is 5.52 Å². The van der Waals surface area contributed by atoms with Crippen LogP contribution in [0.15, 0.2) is 22.6 Å². The van der Waals surface area contributed by atoms with Crippen LogP contribution in [0, 0.1) is 0 Å². The number of hydrogen-bond donors (Lipinski definition) is 3. The van der Waals surface area contributed by atoms with E-state index in [2.05, 4.69) is 10.3 Å². The van der Waals surface area contributed by atoms with Gasteiger partial charge in [-0.15, -0.1) is 0 Å². The zero-order valence-corrected chi connectivity index (χ0v) is 8.23. The molecule has 0 bridgehead atoms. The third kappa shape index (κ3) is 2.19. The average Bonchev–Trinajstić information content (AvgIpc) is 2.60. The Morgan fingerprint density at radius 1 is 1.47 bits per heavy atom. The first-order chi connectivity index (χ1) is 7.29. The maximum atomic E-state index is 8.61. The molecule has 80 valence electrons. The van der Waals surface area contributed by atoms with Crippen LogP contribution < -0.4 is 11.1 Å². The molecule has 0 aliphatic heterocycles. The monoisotopic (exact) mass is 207 g/mol. The van der Waals surface area contributed by atoms with Gasteiger partial charge in [0, 0.05) is 18.8 Å². The van der Waals surface area contributed by atoms with Gasteiger partial charge in [-0.1, -0.05) is 0 Å². The summed E-state index contributed by atoms with van der Waals surface area (Å²) in [7, 11) is 0. The van der Waals surface area contributed by atoms with Crippen LogP contribution in [-0.4, -0.2) is 23.2 Å². The van der Waals surface area contributed by atoms with Crippen LogP contribution in [0.25, 0.3) is 11.1 Å². The molecule has 0 amide bonds. The summed E-state index contributed by atoms with van der Waals surface area (Å²) in [5, 5.41) is 11.6. The average molecular weight is 207 g/mol. The molecular weight excluding hydrogens is 194 g/mol. The van der Waals surface area contributed by atoms with Crippen LogP contribution in [0.4, 0.5) is 11.7 Å². The molecule has 5 heteroatoms. The van der Waals surface area contributed by atoms with E-state index < -0.39 is 0 Å². The standard InChI is InChI=1S/C10H13N3O2/c11-7-2-3-9-8(6-7)13-10(15-9)12-4-1-5-14/h2-3,6,14H,1,4-5,11H2,(H,12,13). The number of aliphatic hydroxyl groups is 1. The number of aliphatic hydroxyl groups excluding tert-OH is 1. The quantitative estimate of drug-likeness (QED) is 0.518. The summed E-state index contributed by atoms with van der Waals surface area (Å²) in [5.41, 5.74) is 7.73. The smallest absolute Gasteiger partial charge is 0.295 e. The largest absolute Gasteiger partial charge is 0.424 e. The summed E-state index contributed by atoms with van der Waals surface area (Å²) < 4.78 is 5.41.